The predicted molar refractivity (Wildman–Crippen MR) is 95.0 cm³/mol. The molecule has 0 fully saturated rings. The number of hydrogen-bond acceptors (Lipinski definition) is 2. The number of nitrogens with one attached hydrogen (secondary N) is 2. The third-order valence-electron chi connectivity index (χ3n) is 5.24. The SMILES string of the molecule is CC(C)(C)[Si](C)(C)NCCCN[Si](C)(C)C(C)(C)C. The Morgan fingerprint density at radius 2 is 0.895 bits per heavy atom. The van der Waals surface area contributed by atoms with E-state index in [9.17, 15) is 0 Å². The third kappa shape index (κ3) is 6.11. The fourth-order valence-electron chi connectivity index (χ4n) is 1.42. The van der Waals surface area contributed by atoms with E-state index in [4.69, 9.17) is 0 Å². The molecule has 0 aromatic heterocycles. The summed E-state index contributed by atoms with van der Waals surface area (Å²) in [5.41, 5.74) is 0. The lowest BCUT2D eigenvalue weighted by molar-refractivity contribution is 0.648. The Hall–Kier alpha value is 0.354. The van der Waals surface area contributed by atoms with Crippen molar-refractivity contribution in [2.45, 2.75) is 84.2 Å². The van der Waals surface area contributed by atoms with Crippen molar-refractivity contribution in [1.29, 1.82) is 0 Å². The van der Waals surface area contributed by atoms with Gasteiger partial charge in [-0.15, -0.1) is 0 Å². The molecule has 2 N–H and O–H groups in total. The van der Waals surface area contributed by atoms with E-state index in [0.29, 0.717) is 10.1 Å². The molecule has 0 unspecified atom stereocenters. The zero-order valence-electron chi connectivity index (χ0n) is 15.1. The average Bonchev–Trinajstić information content (AvgIpc) is 2.12. The van der Waals surface area contributed by atoms with E-state index < -0.39 is 16.5 Å². The number of hydrogen-bond donors (Lipinski definition) is 2. The van der Waals surface area contributed by atoms with Crippen LogP contribution < -0.4 is 9.96 Å². The maximum atomic E-state index is 3.84. The van der Waals surface area contributed by atoms with Crippen LogP contribution in [0.2, 0.25) is 36.3 Å². The Morgan fingerprint density at radius 3 is 1.11 bits per heavy atom. The predicted octanol–water partition coefficient (Wildman–Crippen LogP) is 4.57. The van der Waals surface area contributed by atoms with Gasteiger partial charge in [-0.25, -0.2) is 0 Å². The highest BCUT2D eigenvalue weighted by atomic mass is 28.3. The summed E-state index contributed by atoms with van der Waals surface area (Å²) in [4.78, 5) is 7.68. The van der Waals surface area contributed by atoms with Crippen LogP contribution in [0.1, 0.15) is 48.0 Å². The largest absolute Gasteiger partial charge is 0.337 e. The molecular weight excluding hydrogens is 264 g/mol. The zero-order valence-corrected chi connectivity index (χ0v) is 17.1. The van der Waals surface area contributed by atoms with E-state index in [1.807, 2.05) is 0 Å². The van der Waals surface area contributed by atoms with Crippen LogP contribution in [-0.2, 0) is 0 Å². The van der Waals surface area contributed by atoms with Gasteiger partial charge in [0, 0.05) is 0 Å². The maximum Gasteiger partial charge on any atom is 0.124 e. The van der Waals surface area contributed by atoms with Crippen LogP contribution in [0.15, 0.2) is 0 Å². The van der Waals surface area contributed by atoms with Gasteiger partial charge in [-0.3, -0.25) is 0 Å². The van der Waals surface area contributed by atoms with Crippen LogP contribution in [0, 0.1) is 0 Å². The van der Waals surface area contributed by atoms with E-state index in [1.165, 1.54) is 6.42 Å². The van der Waals surface area contributed by atoms with Gasteiger partial charge >= 0.3 is 0 Å². The quantitative estimate of drug-likeness (QED) is 0.555. The Balaban J connectivity index is 4.03. The normalized spacial score (nSPS) is 14.8. The summed E-state index contributed by atoms with van der Waals surface area (Å²) in [7, 11) is -2.61. The van der Waals surface area contributed by atoms with Crippen molar-refractivity contribution in [1.82, 2.24) is 9.96 Å². The second-order valence-corrected chi connectivity index (χ2v) is 19.2. The summed E-state index contributed by atoms with van der Waals surface area (Å²) in [6, 6.07) is 0. The van der Waals surface area contributed by atoms with Crippen molar-refractivity contribution < 1.29 is 0 Å². The summed E-state index contributed by atoms with van der Waals surface area (Å²) < 4.78 is 0. The van der Waals surface area contributed by atoms with Crippen LogP contribution in [0.4, 0.5) is 0 Å². The summed E-state index contributed by atoms with van der Waals surface area (Å²) in [5, 5.41) is 0.861. The second kappa shape index (κ2) is 6.41. The molecule has 0 rings (SSSR count). The van der Waals surface area contributed by atoms with Crippen LogP contribution in [0.25, 0.3) is 0 Å². The van der Waals surface area contributed by atoms with Crippen LogP contribution in [0.3, 0.4) is 0 Å². The van der Waals surface area contributed by atoms with E-state index in [1.54, 1.807) is 0 Å². The standard InChI is InChI=1S/C15H38N2Si2/c1-14(2,3)18(7,8)16-12-11-13-17-19(9,10)15(4,5)6/h16-17H,11-13H2,1-10H3. The highest BCUT2D eigenvalue weighted by Crippen LogP contribution is 2.34. The third-order valence-corrected chi connectivity index (χ3v) is 15.0. The molecule has 0 radical (unpaired) electrons. The van der Waals surface area contributed by atoms with Gasteiger partial charge in [-0.1, -0.05) is 67.7 Å². The summed E-state index contributed by atoms with van der Waals surface area (Å²) in [6.45, 7) is 26.2. The molecule has 0 amide bonds. The molecule has 0 bridgehead atoms. The van der Waals surface area contributed by atoms with E-state index >= 15 is 0 Å². The zero-order chi connectivity index (χ0) is 15.5. The molecule has 0 atom stereocenters. The number of rotatable bonds is 6. The molecule has 0 heterocycles. The van der Waals surface area contributed by atoms with Gasteiger partial charge in [0.25, 0.3) is 0 Å². The molecule has 19 heavy (non-hydrogen) atoms. The Kier molecular flexibility index (Phi) is 6.53. The van der Waals surface area contributed by atoms with Gasteiger partial charge in [0.05, 0.1) is 0 Å². The molecule has 0 aliphatic rings. The molecule has 0 aromatic rings. The van der Waals surface area contributed by atoms with Crippen molar-refractivity contribution in [2.75, 3.05) is 13.1 Å². The van der Waals surface area contributed by atoms with Crippen molar-refractivity contribution >= 4 is 16.5 Å². The molecule has 0 aliphatic heterocycles. The monoisotopic (exact) mass is 302 g/mol. The Morgan fingerprint density at radius 1 is 0.632 bits per heavy atom. The molecule has 0 aromatic carbocycles. The molecule has 0 saturated carbocycles. The second-order valence-electron chi connectivity index (χ2n) is 8.96. The van der Waals surface area contributed by atoms with E-state index in [0.717, 1.165) is 13.1 Å². The van der Waals surface area contributed by atoms with Crippen LogP contribution >= 0.6 is 0 Å². The lowest BCUT2D eigenvalue weighted by atomic mass is 10.2. The van der Waals surface area contributed by atoms with Gasteiger partial charge in [0.2, 0.25) is 0 Å². The first-order valence-electron chi connectivity index (χ1n) is 7.71. The van der Waals surface area contributed by atoms with Crippen molar-refractivity contribution in [2.24, 2.45) is 0 Å². The first-order valence-corrected chi connectivity index (χ1v) is 13.7. The average molecular weight is 303 g/mol. The molecule has 0 spiro atoms. The van der Waals surface area contributed by atoms with E-state index in [-0.39, 0.29) is 0 Å². The van der Waals surface area contributed by atoms with Gasteiger partial charge in [0.15, 0.2) is 0 Å². The van der Waals surface area contributed by atoms with Crippen molar-refractivity contribution in [3.8, 4) is 0 Å². The lowest BCUT2D eigenvalue weighted by Crippen LogP contribution is -2.54. The molecule has 4 heteroatoms. The summed E-state index contributed by atoms with van der Waals surface area (Å²) >= 11 is 0. The molecule has 0 saturated heterocycles. The molecule has 0 aliphatic carbocycles. The Labute approximate surface area is 124 Å². The first kappa shape index (κ1) is 19.4. The van der Waals surface area contributed by atoms with Gasteiger partial charge in [0.1, 0.15) is 16.5 Å². The van der Waals surface area contributed by atoms with Crippen LogP contribution in [-0.4, -0.2) is 29.6 Å². The van der Waals surface area contributed by atoms with Crippen LogP contribution in [0.5, 0.6) is 0 Å². The molecule has 116 valence electrons. The van der Waals surface area contributed by atoms with E-state index in [2.05, 4.69) is 77.7 Å². The minimum absolute atomic E-state index is 0.430. The topological polar surface area (TPSA) is 24.1 Å². The maximum absolute atomic E-state index is 3.84. The highest BCUT2D eigenvalue weighted by molar-refractivity contribution is 6.78. The minimum atomic E-state index is -1.30. The van der Waals surface area contributed by atoms with Gasteiger partial charge in [-0.05, 0) is 29.6 Å². The summed E-state index contributed by atoms with van der Waals surface area (Å²) in [6.07, 6.45) is 1.24. The Bertz CT molecular complexity index is 245. The van der Waals surface area contributed by atoms with Crippen molar-refractivity contribution in [3.63, 3.8) is 0 Å². The fraction of sp³-hybridized carbons (Fsp3) is 1.00. The molecular formula is C15H38N2Si2. The molecule has 2 nitrogen and oxygen atoms in total. The minimum Gasteiger partial charge on any atom is -0.337 e. The lowest BCUT2D eigenvalue weighted by Gasteiger charge is -2.39. The first-order chi connectivity index (χ1) is 8.21. The summed E-state index contributed by atoms with van der Waals surface area (Å²) in [5.74, 6) is 0. The smallest absolute Gasteiger partial charge is 0.124 e. The van der Waals surface area contributed by atoms with Gasteiger partial charge < -0.3 is 9.96 Å². The van der Waals surface area contributed by atoms with Gasteiger partial charge in [-0.2, -0.15) is 0 Å². The van der Waals surface area contributed by atoms with Crippen molar-refractivity contribution in [3.05, 3.63) is 0 Å². The fourth-order valence-corrected chi connectivity index (χ4v) is 4.08. The highest BCUT2D eigenvalue weighted by Gasteiger charge is 2.36.